The van der Waals surface area contributed by atoms with Crippen LogP contribution in [-0.4, -0.2) is 55.9 Å². The van der Waals surface area contributed by atoms with Gasteiger partial charge in [0.1, 0.15) is 11.8 Å². The number of halogens is 1. The van der Waals surface area contributed by atoms with Crippen molar-refractivity contribution in [2.24, 2.45) is 0 Å². The second kappa shape index (κ2) is 6.86. The Morgan fingerprint density at radius 1 is 1.28 bits per heavy atom. The normalized spacial score (nSPS) is 22.2. The van der Waals surface area contributed by atoms with Crippen LogP contribution in [0.15, 0.2) is 24.7 Å². The topological polar surface area (TPSA) is 78.8 Å². The van der Waals surface area contributed by atoms with Gasteiger partial charge in [-0.15, -0.1) is 0 Å². The maximum atomic E-state index is 14.9. The Morgan fingerprint density at radius 3 is 2.83 bits per heavy atom. The Morgan fingerprint density at radius 2 is 2.10 bits per heavy atom. The number of nitrogens with one attached hydrogen (secondary N) is 2. The second-order valence-electron chi connectivity index (χ2n) is 8.13. The molecule has 5 rings (SSSR count). The predicted octanol–water partition coefficient (Wildman–Crippen LogP) is 3.44. The van der Waals surface area contributed by atoms with E-state index in [0.29, 0.717) is 19.0 Å². The van der Waals surface area contributed by atoms with E-state index in [1.807, 2.05) is 31.6 Å². The van der Waals surface area contributed by atoms with Crippen molar-refractivity contribution in [1.29, 1.82) is 0 Å². The lowest BCUT2D eigenvalue weighted by Crippen LogP contribution is -2.45. The number of hydrogen-bond donors (Lipinski definition) is 2. The molecule has 29 heavy (non-hydrogen) atoms. The summed E-state index contributed by atoms with van der Waals surface area (Å²) in [6, 6.07) is 2.17. The quantitative estimate of drug-likeness (QED) is 0.708. The van der Waals surface area contributed by atoms with E-state index in [9.17, 15) is 9.18 Å². The highest BCUT2D eigenvalue weighted by atomic mass is 19.1. The summed E-state index contributed by atoms with van der Waals surface area (Å²) in [5, 5.41) is 9.24. The SMILES string of the molecule is CC(=O)N1CC[C@H](n2ncc(-c3cnc4[nH]ccc4c3NC3CC3)c2C)[C@@H](F)C1. The van der Waals surface area contributed by atoms with Crippen LogP contribution in [-0.2, 0) is 4.79 Å². The Hall–Kier alpha value is -2.90. The average molecular weight is 396 g/mol. The van der Waals surface area contributed by atoms with E-state index in [-0.39, 0.29) is 18.5 Å². The second-order valence-corrected chi connectivity index (χ2v) is 8.13. The number of rotatable bonds is 4. The molecule has 0 aromatic carbocycles. The lowest BCUT2D eigenvalue weighted by molar-refractivity contribution is -0.131. The summed E-state index contributed by atoms with van der Waals surface area (Å²) in [6.45, 7) is 4.15. The molecular weight excluding hydrogens is 371 g/mol. The van der Waals surface area contributed by atoms with Crippen LogP contribution in [0.5, 0.6) is 0 Å². The summed E-state index contributed by atoms with van der Waals surface area (Å²) in [6.07, 6.45) is 7.34. The minimum Gasteiger partial charge on any atom is -0.381 e. The monoisotopic (exact) mass is 396 g/mol. The van der Waals surface area contributed by atoms with Gasteiger partial charge in [-0.05, 0) is 32.3 Å². The van der Waals surface area contributed by atoms with Gasteiger partial charge < -0.3 is 15.2 Å². The molecule has 2 N–H and O–H groups in total. The molecule has 152 valence electrons. The van der Waals surface area contributed by atoms with Gasteiger partial charge in [0.2, 0.25) is 5.91 Å². The maximum absolute atomic E-state index is 14.9. The van der Waals surface area contributed by atoms with Crippen LogP contribution in [0, 0.1) is 6.92 Å². The smallest absolute Gasteiger partial charge is 0.219 e. The van der Waals surface area contributed by atoms with Crippen LogP contribution in [0.3, 0.4) is 0 Å². The summed E-state index contributed by atoms with van der Waals surface area (Å²) in [5.41, 5.74) is 4.78. The van der Waals surface area contributed by atoms with Gasteiger partial charge in [-0.3, -0.25) is 9.48 Å². The van der Waals surface area contributed by atoms with Crippen molar-refractivity contribution in [1.82, 2.24) is 24.6 Å². The third-order valence-electron chi connectivity index (χ3n) is 6.11. The molecule has 1 saturated heterocycles. The number of carbonyl (C=O) groups is 1. The molecule has 1 aliphatic heterocycles. The number of amides is 1. The van der Waals surface area contributed by atoms with Crippen molar-refractivity contribution in [3.63, 3.8) is 0 Å². The van der Waals surface area contributed by atoms with E-state index in [4.69, 9.17) is 0 Å². The predicted molar refractivity (Wildman–Crippen MR) is 110 cm³/mol. The number of alkyl halides is 1. The highest BCUT2D eigenvalue weighted by molar-refractivity contribution is 5.98. The number of H-pyrrole nitrogens is 1. The summed E-state index contributed by atoms with van der Waals surface area (Å²) < 4.78 is 16.7. The van der Waals surface area contributed by atoms with Crippen molar-refractivity contribution < 1.29 is 9.18 Å². The van der Waals surface area contributed by atoms with Crippen LogP contribution in [0.2, 0.25) is 0 Å². The van der Waals surface area contributed by atoms with Crippen molar-refractivity contribution >= 4 is 22.6 Å². The molecule has 4 heterocycles. The van der Waals surface area contributed by atoms with Gasteiger partial charge in [0.25, 0.3) is 0 Å². The van der Waals surface area contributed by atoms with Crippen molar-refractivity contribution in [2.45, 2.75) is 51.4 Å². The minimum atomic E-state index is -1.13. The van der Waals surface area contributed by atoms with Crippen LogP contribution in [0.4, 0.5) is 10.1 Å². The number of pyridine rings is 1. The van der Waals surface area contributed by atoms with Gasteiger partial charge in [-0.1, -0.05) is 0 Å². The van der Waals surface area contributed by atoms with Gasteiger partial charge in [0, 0.05) is 54.1 Å². The minimum absolute atomic E-state index is 0.0781. The van der Waals surface area contributed by atoms with Gasteiger partial charge >= 0.3 is 0 Å². The van der Waals surface area contributed by atoms with Crippen molar-refractivity contribution in [3.05, 3.63) is 30.4 Å². The first-order chi connectivity index (χ1) is 14.0. The lowest BCUT2D eigenvalue weighted by Gasteiger charge is -2.34. The Balaban J connectivity index is 1.51. The fourth-order valence-corrected chi connectivity index (χ4v) is 4.28. The maximum Gasteiger partial charge on any atom is 0.219 e. The molecular formula is C21H25FN6O. The first-order valence-electron chi connectivity index (χ1n) is 10.2. The van der Waals surface area contributed by atoms with E-state index in [0.717, 1.165) is 33.5 Å². The molecule has 1 aliphatic carbocycles. The van der Waals surface area contributed by atoms with E-state index < -0.39 is 6.17 Å². The largest absolute Gasteiger partial charge is 0.381 e. The third-order valence-corrected chi connectivity index (χ3v) is 6.11. The number of hydrogen-bond acceptors (Lipinski definition) is 4. The van der Waals surface area contributed by atoms with E-state index in [1.54, 1.807) is 9.58 Å². The van der Waals surface area contributed by atoms with Gasteiger partial charge in [0.05, 0.1) is 24.5 Å². The highest BCUT2D eigenvalue weighted by Gasteiger charge is 2.33. The first kappa shape index (κ1) is 18.1. The molecule has 1 amide bonds. The number of likely N-dealkylation sites (tertiary alicyclic amines) is 1. The number of fused-ring (bicyclic) bond motifs is 1. The first-order valence-corrected chi connectivity index (χ1v) is 10.2. The molecule has 8 heteroatoms. The molecule has 3 aromatic heterocycles. The van der Waals surface area contributed by atoms with E-state index >= 15 is 0 Å². The summed E-state index contributed by atoms with van der Waals surface area (Å²) in [5.74, 6) is -0.0781. The molecule has 3 aromatic rings. The zero-order valence-corrected chi connectivity index (χ0v) is 16.7. The average Bonchev–Trinajstić information content (AvgIpc) is 3.24. The number of anilines is 1. The van der Waals surface area contributed by atoms with Crippen LogP contribution in [0.25, 0.3) is 22.2 Å². The van der Waals surface area contributed by atoms with Crippen molar-refractivity contribution in [2.75, 3.05) is 18.4 Å². The molecule has 0 unspecified atom stereocenters. The van der Waals surface area contributed by atoms with Gasteiger partial charge in [-0.2, -0.15) is 5.10 Å². The zero-order valence-electron chi connectivity index (χ0n) is 16.7. The summed E-state index contributed by atoms with van der Waals surface area (Å²) >= 11 is 0. The number of nitrogens with zero attached hydrogens (tertiary/aromatic N) is 4. The summed E-state index contributed by atoms with van der Waals surface area (Å²) in [7, 11) is 0. The summed E-state index contributed by atoms with van der Waals surface area (Å²) in [4.78, 5) is 20.9. The fourth-order valence-electron chi connectivity index (χ4n) is 4.28. The molecule has 0 spiro atoms. The van der Waals surface area contributed by atoms with Gasteiger partial charge in [0.15, 0.2) is 0 Å². The number of aromatic amines is 1. The number of carbonyl (C=O) groups excluding carboxylic acids is 1. The Kier molecular flexibility index (Phi) is 4.29. The molecule has 2 fully saturated rings. The Labute approximate surface area is 168 Å². The Bertz CT molecular complexity index is 1070. The fraction of sp³-hybridized carbons (Fsp3) is 0.476. The van der Waals surface area contributed by atoms with Crippen LogP contribution in [0.1, 0.15) is 37.9 Å². The highest BCUT2D eigenvalue weighted by Crippen LogP contribution is 2.39. The molecule has 2 aliphatic rings. The molecule has 7 nitrogen and oxygen atoms in total. The third kappa shape index (κ3) is 3.16. The number of aromatic nitrogens is 4. The van der Waals surface area contributed by atoms with Crippen molar-refractivity contribution in [3.8, 4) is 11.1 Å². The molecule has 0 bridgehead atoms. The van der Waals surface area contributed by atoms with Crippen LogP contribution < -0.4 is 5.32 Å². The standard InChI is InChI=1S/C21H25FN6O/c1-12-16(10-25-28(12)19-6-8-27(13(2)29)11-18(19)22)17-9-24-21-15(5-7-23-21)20(17)26-14-3-4-14/h5,7,9-10,14,18-19H,3-4,6,8,11H2,1-2H3,(H2,23,24,26)/t18-,19-/m0/s1. The van der Waals surface area contributed by atoms with Gasteiger partial charge in [-0.25, -0.2) is 9.37 Å². The van der Waals surface area contributed by atoms with Crippen LogP contribution >= 0.6 is 0 Å². The number of piperidine rings is 1. The molecule has 1 saturated carbocycles. The molecule has 0 radical (unpaired) electrons. The zero-order chi connectivity index (χ0) is 20.1. The van der Waals surface area contributed by atoms with E-state index in [2.05, 4.69) is 20.4 Å². The molecule has 2 atom stereocenters. The lowest BCUT2D eigenvalue weighted by atomic mass is 10.0. The van der Waals surface area contributed by atoms with E-state index in [1.165, 1.54) is 19.8 Å².